The minimum atomic E-state index is -1.03. The first-order valence-electron chi connectivity index (χ1n) is 4.29. The normalized spacial score (nSPS) is 8.79. The molecule has 4 heteroatoms. The molecule has 14 heavy (non-hydrogen) atoms. The second kappa shape index (κ2) is 5.96. The average Bonchev–Trinajstić information content (AvgIpc) is 2.14. The van der Waals surface area contributed by atoms with Crippen molar-refractivity contribution in [1.29, 1.82) is 0 Å². The molecule has 78 valence electrons. The Morgan fingerprint density at radius 3 is 2.43 bits per heavy atom. The van der Waals surface area contributed by atoms with Gasteiger partial charge in [0.15, 0.2) is 11.6 Å². The lowest BCUT2D eigenvalue weighted by Crippen LogP contribution is -1.99. The van der Waals surface area contributed by atoms with E-state index in [-0.39, 0.29) is 6.42 Å². The van der Waals surface area contributed by atoms with E-state index in [2.05, 4.69) is 0 Å². The minimum absolute atomic E-state index is 0.239. The monoisotopic (exact) mass is 200 g/mol. The Kier molecular flexibility index (Phi) is 5.29. The van der Waals surface area contributed by atoms with Gasteiger partial charge in [-0.15, -0.1) is 0 Å². The van der Waals surface area contributed by atoms with Crippen LogP contribution in [-0.2, 0) is 11.2 Å². The van der Waals surface area contributed by atoms with Gasteiger partial charge in [-0.1, -0.05) is 19.9 Å². The molecule has 0 radical (unpaired) electrons. The summed E-state index contributed by atoms with van der Waals surface area (Å²) in [7, 11) is 0. The van der Waals surface area contributed by atoms with E-state index in [4.69, 9.17) is 10.2 Å². The van der Waals surface area contributed by atoms with Gasteiger partial charge >= 0.3 is 5.97 Å². The summed E-state index contributed by atoms with van der Waals surface area (Å²) >= 11 is 0. The number of phenolic OH excluding ortho intramolecular Hbond substituents is 1. The molecule has 0 amide bonds. The molecule has 0 fully saturated rings. The molecular weight excluding hydrogens is 187 g/mol. The number of hydrogen-bond donors (Lipinski definition) is 2. The smallest absolute Gasteiger partial charge is 0.307 e. The van der Waals surface area contributed by atoms with E-state index in [1.165, 1.54) is 6.07 Å². The molecule has 0 aliphatic rings. The van der Waals surface area contributed by atoms with Gasteiger partial charge in [0.2, 0.25) is 0 Å². The van der Waals surface area contributed by atoms with Crippen LogP contribution in [0.2, 0.25) is 0 Å². The maximum Gasteiger partial charge on any atom is 0.307 e. The van der Waals surface area contributed by atoms with Crippen molar-refractivity contribution in [2.24, 2.45) is 0 Å². The number of rotatable bonds is 2. The van der Waals surface area contributed by atoms with Gasteiger partial charge < -0.3 is 10.2 Å². The lowest BCUT2D eigenvalue weighted by atomic mass is 10.1. The summed E-state index contributed by atoms with van der Waals surface area (Å²) in [6, 6.07) is 3.50. The highest BCUT2D eigenvalue weighted by Crippen LogP contribution is 2.16. The summed E-state index contributed by atoms with van der Waals surface area (Å²) in [6.45, 7) is 4.00. The van der Waals surface area contributed by atoms with Crippen LogP contribution in [0.1, 0.15) is 19.4 Å². The fourth-order valence-corrected chi connectivity index (χ4v) is 0.835. The number of carboxylic acids is 1. The maximum absolute atomic E-state index is 12.6. The van der Waals surface area contributed by atoms with Crippen LogP contribution in [-0.4, -0.2) is 16.2 Å². The molecular formula is C10H13FO3. The van der Waals surface area contributed by atoms with Crippen LogP contribution < -0.4 is 0 Å². The Labute approximate surface area is 81.8 Å². The zero-order valence-corrected chi connectivity index (χ0v) is 8.12. The van der Waals surface area contributed by atoms with E-state index < -0.39 is 17.5 Å². The number of benzene rings is 1. The second-order valence-electron chi connectivity index (χ2n) is 2.36. The lowest BCUT2D eigenvalue weighted by Gasteiger charge is -1.98. The Morgan fingerprint density at radius 1 is 1.43 bits per heavy atom. The first kappa shape index (κ1) is 12.4. The molecule has 1 aromatic carbocycles. The Hall–Kier alpha value is -1.58. The molecule has 3 nitrogen and oxygen atoms in total. The summed E-state index contributed by atoms with van der Waals surface area (Å²) < 4.78 is 12.6. The number of aromatic hydroxyl groups is 1. The summed E-state index contributed by atoms with van der Waals surface area (Å²) in [4.78, 5) is 10.2. The summed E-state index contributed by atoms with van der Waals surface area (Å²) in [5.41, 5.74) is 0.331. The zero-order valence-electron chi connectivity index (χ0n) is 8.12. The van der Waals surface area contributed by atoms with Gasteiger partial charge in [-0.25, -0.2) is 4.39 Å². The van der Waals surface area contributed by atoms with Crippen LogP contribution in [0.15, 0.2) is 18.2 Å². The highest BCUT2D eigenvalue weighted by Gasteiger charge is 2.04. The lowest BCUT2D eigenvalue weighted by molar-refractivity contribution is -0.136. The predicted molar refractivity (Wildman–Crippen MR) is 50.8 cm³/mol. The Morgan fingerprint density at radius 2 is 2.00 bits per heavy atom. The van der Waals surface area contributed by atoms with Crippen molar-refractivity contribution in [2.45, 2.75) is 20.3 Å². The third kappa shape index (κ3) is 3.89. The zero-order chi connectivity index (χ0) is 11.1. The molecule has 0 saturated carbocycles. The molecule has 0 heterocycles. The Bertz CT molecular complexity index is 310. The number of hydrogen-bond acceptors (Lipinski definition) is 2. The average molecular weight is 200 g/mol. The van der Waals surface area contributed by atoms with E-state index in [1.54, 1.807) is 0 Å². The van der Waals surface area contributed by atoms with Gasteiger partial charge in [0.05, 0.1) is 6.42 Å². The van der Waals surface area contributed by atoms with Gasteiger partial charge in [-0.05, 0) is 17.7 Å². The van der Waals surface area contributed by atoms with Crippen molar-refractivity contribution in [3.63, 3.8) is 0 Å². The van der Waals surface area contributed by atoms with Gasteiger partial charge in [0.1, 0.15) is 0 Å². The molecule has 0 aromatic heterocycles. The quantitative estimate of drug-likeness (QED) is 0.769. The first-order valence-corrected chi connectivity index (χ1v) is 4.29. The van der Waals surface area contributed by atoms with E-state index in [9.17, 15) is 9.18 Å². The Balaban J connectivity index is 0.000000791. The number of carbonyl (C=O) groups is 1. The fourth-order valence-electron chi connectivity index (χ4n) is 0.835. The van der Waals surface area contributed by atoms with Crippen molar-refractivity contribution in [3.8, 4) is 5.75 Å². The fraction of sp³-hybridized carbons (Fsp3) is 0.300. The third-order valence-corrected chi connectivity index (χ3v) is 1.37. The summed E-state index contributed by atoms with van der Waals surface area (Å²) in [6.07, 6.45) is -0.239. The predicted octanol–water partition coefficient (Wildman–Crippen LogP) is 2.18. The number of aliphatic carboxylic acids is 1. The van der Waals surface area contributed by atoms with Gasteiger partial charge in [0, 0.05) is 0 Å². The molecule has 1 aromatic rings. The topological polar surface area (TPSA) is 57.5 Å². The van der Waals surface area contributed by atoms with Crippen molar-refractivity contribution < 1.29 is 19.4 Å². The third-order valence-electron chi connectivity index (χ3n) is 1.37. The highest BCUT2D eigenvalue weighted by molar-refractivity contribution is 5.70. The van der Waals surface area contributed by atoms with E-state index >= 15 is 0 Å². The van der Waals surface area contributed by atoms with Crippen LogP contribution in [0.25, 0.3) is 0 Å². The maximum atomic E-state index is 12.6. The van der Waals surface area contributed by atoms with Crippen LogP contribution in [0, 0.1) is 5.82 Å². The summed E-state index contributed by atoms with van der Waals surface area (Å²) in [5.74, 6) is -2.29. The number of halogens is 1. The molecule has 0 atom stereocenters. The molecule has 2 N–H and O–H groups in total. The standard InChI is InChI=1S/C8H7FO3.C2H6/c9-6-3-5(4-8(11)12)1-2-7(6)10;1-2/h1-3,10H,4H2,(H,11,12);1-2H3. The van der Waals surface area contributed by atoms with Crippen LogP contribution in [0.4, 0.5) is 4.39 Å². The molecule has 0 spiro atoms. The van der Waals surface area contributed by atoms with E-state index in [0.717, 1.165) is 12.1 Å². The van der Waals surface area contributed by atoms with Crippen LogP contribution >= 0.6 is 0 Å². The second-order valence-corrected chi connectivity index (χ2v) is 2.36. The molecule has 0 unspecified atom stereocenters. The highest BCUT2D eigenvalue weighted by atomic mass is 19.1. The molecule has 1 rings (SSSR count). The number of phenols is 1. The largest absolute Gasteiger partial charge is 0.505 e. The minimum Gasteiger partial charge on any atom is -0.505 e. The van der Waals surface area contributed by atoms with Gasteiger partial charge in [-0.3, -0.25) is 4.79 Å². The van der Waals surface area contributed by atoms with Crippen molar-refractivity contribution >= 4 is 5.97 Å². The molecule has 0 aliphatic carbocycles. The van der Waals surface area contributed by atoms with Crippen molar-refractivity contribution in [2.75, 3.05) is 0 Å². The summed E-state index contributed by atoms with van der Waals surface area (Å²) in [5, 5.41) is 17.1. The number of carboxylic acid groups (broad SMARTS) is 1. The van der Waals surface area contributed by atoms with E-state index in [1.807, 2.05) is 13.8 Å². The molecule has 0 bridgehead atoms. The van der Waals surface area contributed by atoms with Gasteiger partial charge in [-0.2, -0.15) is 0 Å². The van der Waals surface area contributed by atoms with Crippen LogP contribution in [0.5, 0.6) is 5.75 Å². The van der Waals surface area contributed by atoms with Crippen LogP contribution in [0.3, 0.4) is 0 Å². The van der Waals surface area contributed by atoms with Gasteiger partial charge in [0.25, 0.3) is 0 Å². The molecule has 0 aliphatic heterocycles. The van der Waals surface area contributed by atoms with Crippen molar-refractivity contribution in [3.05, 3.63) is 29.6 Å². The first-order chi connectivity index (χ1) is 6.59. The SMILES string of the molecule is CC.O=C(O)Cc1ccc(O)c(F)c1. The van der Waals surface area contributed by atoms with E-state index in [0.29, 0.717) is 5.56 Å². The van der Waals surface area contributed by atoms with Crippen molar-refractivity contribution in [1.82, 2.24) is 0 Å². The molecule has 0 saturated heterocycles.